The van der Waals surface area contributed by atoms with E-state index in [4.69, 9.17) is 14.9 Å². The third-order valence-corrected chi connectivity index (χ3v) is 5.74. The summed E-state index contributed by atoms with van der Waals surface area (Å²) in [5.74, 6) is -1.85. The average molecular weight is 296 g/mol. The molecule has 0 aromatic rings. The fraction of sp³-hybridized carbons (Fsp3) is 0.909. The van der Waals surface area contributed by atoms with Crippen LogP contribution in [0.1, 0.15) is 32.6 Å². The van der Waals surface area contributed by atoms with Crippen molar-refractivity contribution in [2.24, 2.45) is 0 Å². The summed E-state index contributed by atoms with van der Waals surface area (Å²) in [6, 6.07) is -0.257. The van der Waals surface area contributed by atoms with Gasteiger partial charge in [-0.3, -0.25) is 4.57 Å². The van der Waals surface area contributed by atoms with Gasteiger partial charge >= 0.3 is 13.6 Å². The molecule has 1 heterocycles. The lowest BCUT2D eigenvalue weighted by molar-refractivity contribution is -0.937. The second kappa shape index (κ2) is 5.50. The van der Waals surface area contributed by atoms with Crippen molar-refractivity contribution >= 4 is 13.6 Å². The number of piperidine rings is 1. The van der Waals surface area contributed by atoms with Crippen molar-refractivity contribution in [3.63, 3.8) is 0 Å². The van der Waals surface area contributed by atoms with Crippen LogP contribution < -0.4 is 0 Å². The number of carboxylic acid groups (broad SMARTS) is 1. The predicted octanol–water partition coefficient (Wildman–Crippen LogP) is 0.346. The molecule has 1 aliphatic rings. The molecule has 3 unspecified atom stereocenters. The van der Waals surface area contributed by atoms with E-state index in [0.29, 0.717) is 10.9 Å². The molecule has 1 aliphatic heterocycles. The van der Waals surface area contributed by atoms with Crippen molar-refractivity contribution in [1.29, 1.82) is 0 Å². The number of rotatable bonds is 5. The van der Waals surface area contributed by atoms with E-state index in [2.05, 4.69) is 0 Å². The minimum atomic E-state index is -5.13. The van der Waals surface area contributed by atoms with E-state index in [-0.39, 0.29) is 6.04 Å². The molecule has 0 aromatic carbocycles. The molecule has 7 nitrogen and oxygen atoms in total. The molecule has 1 rings (SSSR count). The van der Waals surface area contributed by atoms with Gasteiger partial charge in [-0.05, 0) is 26.2 Å². The zero-order chi connectivity index (χ0) is 14.9. The number of hydrogen-bond donors (Lipinski definition) is 4. The van der Waals surface area contributed by atoms with Crippen LogP contribution in [0, 0.1) is 0 Å². The third kappa shape index (κ3) is 3.17. The number of aliphatic carboxylic acids is 1. The Hall–Kier alpha value is -0.460. The van der Waals surface area contributed by atoms with E-state index in [1.807, 2.05) is 14.0 Å². The Morgan fingerprint density at radius 2 is 2.00 bits per heavy atom. The summed E-state index contributed by atoms with van der Waals surface area (Å²) in [7, 11) is -3.20. The first-order valence-electron chi connectivity index (χ1n) is 6.42. The van der Waals surface area contributed by atoms with Gasteiger partial charge in [0.1, 0.15) is 0 Å². The summed E-state index contributed by atoms with van der Waals surface area (Å²) in [6.45, 7) is 3.52. The Morgan fingerprint density at radius 3 is 2.42 bits per heavy atom. The van der Waals surface area contributed by atoms with Crippen LogP contribution in [0.2, 0.25) is 0 Å². The van der Waals surface area contributed by atoms with Gasteiger partial charge in [0, 0.05) is 0 Å². The fourth-order valence-electron chi connectivity index (χ4n) is 2.75. The minimum absolute atomic E-state index is 0.257. The normalized spacial score (nSPS) is 31.7. The monoisotopic (exact) mass is 296 g/mol. The van der Waals surface area contributed by atoms with E-state index in [1.54, 1.807) is 0 Å². The second-order valence-electron chi connectivity index (χ2n) is 5.54. The van der Waals surface area contributed by atoms with Crippen LogP contribution in [0.15, 0.2) is 0 Å². The van der Waals surface area contributed by atoms with E-state index < -0.39 is 25.3 Å². The molecule has 0 aromatic heterocycles. The number of carbonyl (C=O) groups is 1. The Balaban J connectivity index is 3.03. The number of likely N-dealkylation sites (tertiary alicyclic amines) is 1. The molecule has 4 N–H and O–H groups in total. The van der Waals surface area contributed by atoms with Crippen LogP contribution in [0.25, 0.3) is 0 Å². The number of carboxylic acids is 1. The summed E-state index contributed by atoms with van der Waals surface area (Å²) in [6.07, 6.45) is 2.13. The fourth-order valence-corrected chi connectivity index (χ4v) is 3.44. The first kappa shape index (κ1) is 16.6. The minimum Gasteiger partial charge on any atom is -0.479 e. The summed E-state index contributed by atoms with van der Waals surface area (Å²) >= 11 is 0. The number of quaternary nitrogens is 1. The van der Waals surface area contributed by atoms with E-state index >= 15 is 0 Å². The summed E-state index contributed by atoms with van der Waals surface area (Å²) in [5, 5.41) is 15.9. The first-order valence-corrected chi connectivity index (χ1v) is 8.03. The number of aliphatic hydroxyl groups is 1. The molecule has 0 saturated carbocycles. The molecule has 3 atom stereocenters. The molecule has 19 heavy (non-hydrogen) atoms. The molecule has 1 fully saturated rings. The van der Waals surface area contributed by atoms with Gasteiger partial charge in [-0.2, -0.15) is 0 Å². The predicted molar refractivity (Wildman–Crippen MR) is 68.5 cm³/mol. The van der Waals surface area contributed by atoms with Crippen molar-refractivity contribution in [2.75, 3.05) is 20.1 Å². The van der Waals surface area contributed by atoms with Crippen molar-refractivity contribution in [3.05, 3.63) is 0 Å². The standard InChI is InChI=1S/C11H22NO6P/c1-3-12(2)7-5-4-6-9(12)8-11(15,10(13)14)19(16,17)18/h9,15H,3-8H2,1-2H3,(H2-,13,14,16,17,18)/p+1. The van der Waals surface area contributed by atoms with E-state index in [1.165, 1.54) is 0 Å². The molecule has 112 valence electrons. The van der Waals surface area contributed by atoms with Crippen LogP contribution in [0.4, 0.5) is 0 Å². The maximum absolute atomic E-state index is 11.3. The van der Waals surface area contributed by atoms with Gasteiger partial charge in [0.15, 0.2) is 0 Å². The van der Waals surface area contributed by atoms with Crippen molar-refractivity contribution in [2.45, 2.75) is 44.0 Å². The van der Waals surface area contributed by atoms with Gasteiger partial charge < -0.3 is 24.5 Å². The highest BCUT2D eigenvalue weighted by Gasteiger charge is 2.56. The van der Waals surface area contributed by atoms with Gasteiger partial charge in [-0.1, -0.05) is 0 Å². The van der Waals surface area contributed by atoms with Gasteiger partial charge in [0.25, 0.3) is 5.34 Å². The maximum atomic E-state index is 11.3. The molecule has 0 radical (unpaired) electrons. The largest absolute Gasteiger partial charge is 0.479 e. The van der Waals surface area contributed by atoms with Crippen LogP contribution in [0.3, 0.4) is 0 Å². The summed E-state index contributed by atoms with van der Waals surface area (Å²) in [4.78, 5) is 29.4. The molecule has 0 spiro atoms. The Labute approximate surface area is 112 Å². The highest BCUT2D eigenvalue weighted by atomic mass is 31.2. The molecule has 8 heteroatoms. The third-order valence-electron chi connectivity index (χ3n) is 4.40. The average Bonchev–Trinajstić information content (AvgIpc) is 2.30. The first-order chi connectivity index (χ1) is 8.57. The van der Waals surface area contributed by atoms with Gasteiger partial charge in [-0.15, -0.1) is 0 Å². The van der Waals surface area contributed by atoms with Gasteiger partial charge in [0.05, 0.1) is 32.6 Å². The van der Waals surface area contributed by atoms with Crippen molar-refractivity contribution in [3.8, 4) is 0 Å². The molecular formula is C11H23NO6P+. The van der Waals surface area contributed by atoms with Crippen LogP contribution in [-0.2, 0) is 9.36 Å². The van der Waals surface area contributed by atoms with E-state index in [9.17, 15) is 14.5 Å². The van der Waals surface area contributed by atoms with E-state index in [0.717, 1.165) is 25.9 Å². The number of hydrogen-bond acceptors (Lipinski definition) is 3. The lowest BCUT2D eigenvalue weighted by atomic mass is 9.94. The lowest BCUT2D eigenvalue weighted by Gasteiger charge is -2.46. The molecule has 0 amide bonds. The van der Waals surface area contributed by atoms with Gasteiger partial charge in [0.2, 0.25) is 0 Å². The van der Waals surface area contributed by atoms with Gasteiger partial charge in [-0.25, -0.2) is 4.79 Å². The maximum Gasteiger partial charge on any atom is 0.368 e. The zero-order valence-corrected chi connectivity index (χ0v) is 12.2. The smallest absolute Gasteiger partial charge is 0.368 e. The van der Waals surface area contributed by atoms with Crippen molar-refractivity contribution in [1.82, 2.24) is 0 Å². The highest BCUT2D eigenvalue weighted by molar-refractivity contribution is 7.54. The Morgan fingerprint density at radius 1 is 1.42 bits per heavy atom. The second-order valence-corrected chi connectivity index (χ2v) is 7.37. The lowest BCUT2D eigenvalue weighted by Crippen LogP contribution is -2.58. The molecule has 0 bridgehead atoms. The zero-order valence-electron chi connectivity index (χ0n) is 11.3. The van der Waals surface area contributed by atoms with Crippen LogP contribution in [0.5, 0.6) is 0 Å². The Bertz CT molecular complexity index is 397. The van der Waals surface area contributed by atoms with Crippen LogP contribution in [-0.4, -0.2) is 62.0 Å². The number of nitrogens with zero attached hydrogens (tertiary/aromatic N) is 1. The summed E-state index contributed by atoms with van der Waals surface area (Å²) < 4.78 is 11.9. The van der Waals surface area contributed by atoms with Crippen LogP contribution >= 0.6 is 7.60 Å². The SMILES string of the molecule is CC[N+]1(C)CCCCC1CC(O)(C(=O)O)P(=O)(O)O. The molecule has 0 aliphatic carbocycles. The quantitative estimate of drug-likeness (QED) is 0.430. The topological polar surface area (TPSA) is 115 Å². The summed E-state index contributed by atoms with van der Waals surface area (Å²) in [5.41, 5.74) is 0. The molecule has 1 saturated heterocycles. The highest BCUT2D eigenvalue weighted by Crippen LogP contribution is 2.52. The molecular weight excluding hydrogens is 273 g/mol. The Kier molecular flexibility index (Phi) is 4.80. The van der Waals surface area contributed by atoms with Crippen molar-refractivity contribution < 1.29 is 33.8 Å².